The standard InChI is InChI=1S/C16H21NO3/c18-15(19)6-3-11-17-16(20)14-9-7-13(8-10-14)12-4-1-2-5-12/h7-10,12H,1-6,11H2,(H,17,20)(H,18,19). The maximum Gasteiger partial charge on any atom is 0.303 e. The molecule has 1 aromatic carbocycles. The molecule has 0 saturated heterocycles. The van der Waals surface area contributed by atoms with Gasteiger partial charge in [-0.1, -0.05) is 25.0 Å². The molecule has 0 unspecified atom stereocenters. The van der Waals surface area contributed by atoms with Crippen molar-refractivity contribution >= 4 is 11.9 Å². The van der Waals surface area contributed by atoms with Crippen LogP contribution in [0.2, 0.25) is 0 Å². The van der Waals surface area contributed by atoms with Gasteiger partial charge in [-0.3, -0.25) is 9.59 Å². The Labute approximate surface area is 119 Å². The molecule has 1 aliphatic rings. The lowest BCUT2D eigenvalue weighted by Gasteiger charge is -2.10. The maximum atomic E-state index is 11.9. The lowest BCUT2D eigenvalue weighted by molar-refractivity contribution is -0.137. The van der Waals surface area contributed by atoms with Gasteiger partial charge in [-0.25, -0.2) is 0 Å². The van der Waals surface area contributed by atoms with Crippen molar-refractivity contribution in [2.45, 2.75) is 44.4 Å². The molecule has 0 aromatic heterocycles. The zero-order chi connectivity index (χ0) is 14.4. The summed E-state index contributed by atoms with van der Waals surface area (Å²) in [5.74, 6) is -0.309. The Morgan fingerprint density at radius 3 is 2.40 bits per heavy atom. The fourth-order valence-corrected chi connectivity index (χ4v) is 2.71. The number of carboxylic acid groups (broad SMARTS) is 1. The van der Waals surface area contributed by atoms with E-state index in [2.05, 4.69) is 5.32 Å². The number of nitrogens with one attached hydrogen (secondary N) is 1. The van der Waals surface area contributed by atoms with Crippen LogP contribution in [0.25, 0.3) is 0 Å². The first-order valence-electron chi connectivity index (χ1n) is 7.27. The van der Waals surface area contributed by atoms with Crippen LogP contribution >= 0.6 is 0 Å². The number of aliphatic carboxylic acids is 1. The Bertz CT molecular complexity index is 461. The van der Waals surface area contributed by atoms with E-state index in [0.29, 0.717) is 24.4 Å². The van der Waals surface area contributed by atoms with Crippen molar-refractivity contribution in [2.24, 2.45) is 0 Å². The van der Waals surface area contributed by atoms with Crippen LogP contribution in [0.15, 0.2) is 24.3 Å². The zero-order valence-electron chi connectivity index (χ0n) is 11.6. The molecule has 0 radical (unpaired) electrons. The van der Waals surface area contributed by atoms with E-state index >= 15 is 0 Å². The van der Waals surface area contributed by atoms with Crippen molar-refractivity contribution in [2.75, 3.05) is 6.54 Å². The predicted molar refractivity (Wildman–Crippen MR) is 76.9 cm³/mol. The fraction of sp³-hybridized carbons (Fsp3) is 0.500. The zero-order valence-corrected chi connectivity index (χ0v) is 11.6. The topological polar surface area (TPSA) is 66.4 Å². The molecule has 1 saturated carbocycles. The number of benzene rings is 1. The van der Waals surface area contributed by atoms with Gasteiger partial charge in [0.05, 0.1) is 0 Å². The van der Waals surface area contributed by atoms with E-state index < -0.39 is 5.97 Å². The minimum atomic E-state index is -0.833. The SMILES string of the molecule is O=C(O)CCCNC(=O)c1ccc(C2CCCC2)cc1. The monoisotopic (exact) mass is 275 g/mol. The fourth-order valence-electron chi connectivity index (χ4n) is 2.71. The third-order valence-electron chi connectivity index (χ3n) is 3.85. The molecule has 4 heteroatoms. The summed E-state index contributed by atoms with van der Waals surface area (Å²) < 4.78 is 0. The molecule has 1 amide bonds. The van der Waals surface area contributed by atoms with Crippen molar-refractivity contribution < 1.29 is 14.7 Å². The molecule has 20 heavy (non-hydrogen) atoms. The maximum absolute atomic E-state index is 11.9. The van der Waals surface area contributed by atoms with Gasteiger partial charge in [-0.15, -0.1) is 0 Å². The van der Waals surface area contributed by atoms with Crippen molar-refractivity contribution in [3.8, 4) is 0 Å². The molecule has 108 valence electrons. The summed E-state index contributed by atoms with van der Waals surface area (Å²) in [4.78, 5) is 22.2. The third kappa shape index (κ3) is 4.08. The summed E-state index contributed by atoms with van der Waals surface area (Å²) in [7, 11) is 0. The molecular formula is C16H21NO3. The third-order valence-corrected chi connectivity index (χ3v) is 3.85. The highest BCUT2D eigenvalue weighted by molar-refractivity contribution is 5.94. The molecule has 0 aliphatic heterocycles. The second-order valence-electron chi connectivity index (χ2n) is 5.36. The van der Waals surface area contributed by atoms with Gasteiger partial charge in [0.15, 0.2) is 0 Å². The van der Waals surface area contributed by atoms with Crippen LogP contribution in [0.4, 0.5) is 0 Å². The Kier molecular flexibility index (Phi) is 5.16. The highest BCUT2D eigenvalue weighted by Crippen LogP contribution is 2.33. The van der Waals surface area contributed by atoms with Crippen LogP contribution < -0.4 is 5.32 Å². The summed E-state index contributed by atoms with van der Waals surface area (Å²) in [5, 5.41) is 11.3. The van der Waals surface area contributed by atoms with Gasteiger partial charge in [-0.2, -0.15) is 0 Å². The highest BCUT2D eigenvalue weighted by Gasteiger charge is 2.17. The van der Waals surface area contributed by atoms with Crippen molar-refractivity contribution in [1.82, 2.24) is 5.32 Å². The number of carbonyl (C=O) groups excluding carboxylic acids is 1. The van der Waals surface area contributed by atoms with Gasteiger partial charge >= 0.3 is 5.97 Å². The predicted octanol–water partition coefficient (Wildman–Crippen LogP) is 2.94. The molecule has 2 rings (SSSR count). The normalized spacial score (nSPS) is 15.2. The molecule has 2 N–H and O–H groups in total. The Morgan fingerprint density at radius 2 is 1.80 bits per heavy atom. The van der Waals surface area contributed by atoms with Gasteiger partial charge in [-0.05, 0) is 42.9 Å². The van der Waals surface area contributed by atoms with Crippen LogP contribution in [0.5, 0.6) is 0 Å². The Balaban J connectivity index is 1.82. The van der Waals surface area contributed by atoms with Gasteiger partial charge in [0.1, 0.15) is 0 Å². The number of carbonyl (C=O) groups is 2. The minimum absolute atomic E-state index is 0.0842. The number of rotatable bonds is 6. The van der Waals surface area contributed by atoms with Crippen LogP contribution in [0, 0.1) is 0 Å². The molecule has 4 nitrogen and oxygen atoms in total. The Hall–Kier alpha value is -1.84. The summed E-state index contributed by atoms with van der Waals surface area (Å²) in [6, 6.07) is 7.81. The van der Waals surface area contributed by atoms with Crippen molar-refractivity contribution in [3.63, 3.8) is 0 Å². The average Bonchev–Trinajstić information content (AvgIpc) is 2.97. The van der Waals surface area contributed by atoms with Crippen molar-refractivity contribution in [1.29, 1.82) is 0 Å². The second-order valence-corrected chi connectivity index (χ2v) is 5.36. The van der Waals surface area contributed by atoms with E-state index in [1.807, 2.05) is 24.3 Å². The Morgan fingerprint density at radius 1 is 1.15 bits per heavy atom. The van der Waals surface area contributed by atoms with Crippen LogP contribution in [0.3, 0.4) is 0 Å². The summed E-state index contributed by atoms with van der Waals surface area (Å²) >= 11 is 0. The lowest BCUT2D eigenvalue weighted by atomic mass is 9.96. The van der Waals surface area contributed by atoms with E-state index in [1.165, 1.54) is 31.2 Å². The largest absolute Gasteiger partial charge is 0.481 e. The first-order valence-corrected chi connectivity index (χ1v) is 7.27. The quantitative estimate of drug-likeness (QED) is 0.784. The van der Waals surface area contributed by atoms with Crippen LogP contribution in [-0.2, 0) is 4.79 Å². The first-order chi connectivity index (χ1) is 9.66. The van der Waals surface area contributed by atoms with E-state index in [1.54, 1.807) is 0 Å². The van der Waals surface area contributed by atoms with Crippen molar-refractivity contribution in [3.05, 3.63) is 35.4 Å². The molecule has 0 spiro atoms. The summed E-state index contributed by atoms with van der Waals surface area (Å²) in [5.41, 5.74) is 1.96. The molecular weight excluding hydrogens is 254 g/mol. The minimum Gasteiger partial charge on any atom is -0.481 e. The van der Waals surface area contributed by atoms with E-state index in [0.717, 1.165) is 0 Å². The van der Waals surface area contributed by atoms with Crippen LogP contribution in [0.1, 0.15) is 60.4 Å². The average molecular weight is 275 g/mol. The van der Waals surface area contributed by atoms with Gasteiger partial charge < -0.3 is 10.4 Å². The van der Waals surface area contributed by atoms with Crippen LogP contribution in [-0.4, -0.2) is 23.5 Å². The van der Waals surface area contributed by atoms with Gasteiger partial charge in [0, 0.05) is 18.5 Å². The number of carboxylic acids is 1. The highest BCUT2D eigenvalue weighted by atomic mass is 16.4. The number of hydrogen-bond acceptors (Lipinski definition) is 2. The summed E-state index contributed by atoms with van der Waals surface area (Å²) in [6.45, 7) is 0.398. The first kappa shape index (κ1) is 14.6. The van der Waals surface area contributed by atoms with E-state index in [-0.39, 0.29) is 12.3 Å². The smallest absolute Gasteiger partial charge is 0.303 e. The molecule has 0 bridgehead atoms. The number of hydrogen-bond donors (Lipinski definition) is 2. The molecule has 1 fully saturated rings. The van der Waals surface area contributed by atoms with Gasteiger partial charge in [0.25, 0.3) is 5.91 Å². The van der Waals surface area contributed by atoms with E-state index in [4.69, 9.17) is 5.11 Å². The number of amides is 1. The van der Waals surface area contributed by atoms with E-state index in [9.17, 15) is 9.59 Å². The molecule has 1 aliphatic carbocycles. The second kappa shape index (κ2) is 7.08. The van der Waals surface area contributed by atoms with Gasteiger partial charge in [0.2, 0.25) is 0 Å². The molecule has 1 aromatic rings. The molecule has 0 atom stereocenters. The summed E-state index contributed by atoms with van der Waals surface area (Å²) in [6.07, 6.45) is 5.65. The lowest BCUT2D eigenvalue weighted by Crippen LogP contribution is -2.24. The molecule has 0 heterocycles.